The Kier molecular flexibility index (Phi) is 4.48. The van der Waals surface area contributed by atoms with Gasteiger partial charge in [-0.25, -0.2) is 9.59 Å². The van der Waals surface area contributed by atoms with Gasteiger partial charge in [0.15, 0.2) is 0 Å². The van der Waals surface area contributed by atoms with Crippen molar-refractivity contribution >= 4 is 17.7 Å². The Labute approximate surface area is 106 Å². The third kappa shape index (κ3) is 3.10. The molecule has 0 saturated heterocycles. The van der Waals surface area contributed by atoms with Crippen molar-refractivity contribution in [3.05, 3.63) is 42.5 Å². The molecule has 2 N–H and O–H groups in total. The monoisotopic (exact) mass is 248 g/mol. The number of benzene rings is 1. The molecule has 0 radical (unpaired) electrons. The molecule has 5 nitrogen and oxygen atoms in total. The minimum absolute atomic E-state index is 0.0846. The van der Waals surface area contributed by atoms with E-state index >= 15 is 0 Å². The number of hydrogen-bond donors (Lipinski definition) is 2. The average Bonchev–Trinajstić information content (AvgIpc) is 2.37. The number of carboxylic acid groups (broad SMARTS) is 1. The van der Waals surface area contributed by atoms with Crippen LogP contribution in [0, 0.1) is 0 Å². The Morgan fingerprint density at radius 3 is 2.61 bits per heavy atom. The maximum absolute atomic E-state index is 11.9. The van der Waals surface area contributed by atoms with Gasteiger partial charge in [0, 0.05) is 13.1 Å². The summed E-state index contributed by atoms with van der Waals surface area (Å²) >= 11 is 0. The second-order valence-electron chi connectivity index (χ2n) is 3.86. The molecule has 0 aromatic heterocycles. The third-order valence-electron chi connectivity index (χ3n) is 2.51. The number of anilines is 1. The predicted molar refractivity (Wildman–Crippen MR) is 70.0 cm³/mol. The van der Waals surface area contributed by atoms with Gasteiger partial charge in [-0.2, -0.15) is 0 Å². The zero-order valence-corrected chi connectivity index (χ0v) is 10.4. The molecule has 0 spiro atoms. The number of urea groups is 1. The van der Waals surface area contributed by atoms with E-state index < -0.39 is 5.97 Å². The predicted octanol–water partition coefficient (Wildman–Crippen LogP) is 2.11. The van der Waals surface area contributed by atoms with Crippen LogP contribution in [0.1, 0.15) is 17.3 Å². The highest BCUT2D eigenvalue weighted by molar-refractivity contribution is 6.01. The van der Waals surface area contributed by atoms with E-state index in [1.165, 1.54) is 18.0 Å². The minimum atomic E-state index is -1.07. The number of nitrogens with one attached hydrogen (secondary N) is 1. The number of aromatic carboxylic acids is 1. The van der Waals surface area contributed by atoms with Crippen LogP contribution in [0.15, 0.2) is 36.9 Å². The van der Waals surface area contributed by atoms with E-state index in [-0.39, 0.29) is 17.6 Å². The molecule has 0 saturated carbocycles. The van der Waals surface area contributed by atoms with Gasteiger partial charge in [0.2, 0.25) is 0 Å². The SMILES string of the molecule is C=CC(C)NC(=O)N(C)c1ccccc1C(=O)O. The molecule has 18 heavy (non-hydrogen) atoms. The van der Waals surface area contributed by atoms with Crippen molar-refractivity contribution in [2.75, 3.05) is 11.9 Å². The summed E-state index contributed by atoms with van der Waals surface area (Å²) in [5.41, 5.74) is 0.431. The van der Waals surface area contributed by atoms with Crippen molar-refractivity contribution in [3.63, 3.8) is 0 Å². The summed E-state index contributed by atoms with van der Waals surface area (Å²) in [7, 11) is 1.52. The first-order valence-electron chi connectivity index (χ1n) is 5.46. The van der Waals surface area contributed by atoms with Crippen molar-refractivity contribution < 1.29 is 14.7 Å². The van der Waals surface area contributed by atoms with Crippen LogP contribution >= 0.6 is 0 Å². The van der Waals surface area contributed by atoms with E-state index in [1.54, 1.807) is 31.2 Å². The van der Waals surface area contributed by atoms with Gasteiger partial charge < -0.3 is 10.4 Å². The topological polar surface area (TPSA) is 69.6 Å². The first kappa shape index (κ1) is 13.8. The van der Waals surface area contributed by atoms with Gasteiger partial charge in [-0.15, -0.1) is 6.58 Å². The number of rotatable bonds is 4. The lowest BCUT2D eigenvalue weighted by atomic mass is 10.1. The van der Waals surface area contributed by atoms with Crippen LogP contribution in [-0.2, 0) is 0 Å². The normalized spacial score (nSPS) is 11.4. The molecule has 0 aliphatic heterocycles. The van der Waals surface area contributed by atoms with Crippen LogP contribution in [0.4, 0.5) is 10.5 Å². The third-order valence-corrected chi connectivity index (χ3v) is 2.51. The Balaban J connectivity index is 2.96. The highest BCUT2D eigenvalue weighted by atomic mass is 16.4. The number of carbonyl (C=O) groups excluding carboxylic acids is 1. The molecule has 0 aliphatic carbocycles. The first-order chi connectivity index (χ1) is 8.47. The molecule has 0 bridgehead atoms. The summed E-state index contributed by atoms with van der Waals surface area (Å²) in [6.07, 6.45) is 1.59. The Hall–Kier alpha value is -2.30. The minimum Gasteiger partial charge on any atom is -0.478 e. The van der Waals surface area contributed by atoms with E-state index in [1.807, 2.05) is 0 Å². The van der Waals surface area contributed by atoms with Crippen LogP contribution in [0.2, 0.25) is 0 Å². The Bertz CT molecular complexity index is 471. The zero-order chi connectivity index (χ0) is 13.7. The summed E-state index contributed by atoms with van der Waals surface area (Å²) in [5.74, 6) is -1.07. The van der Waals surface area contributed by atoms with Crippen molar-refractivity contribution in [1.82, 2.24) is 5.32 Å². The van der Waals surface area contributed by atoms with E-state index in [0.29, 0.717) is 5.69 Å². The smallest absolute Gasteiger partial charge is 0.337 e. The standard InChI is InChI=1S/C13H16N2O3/c1-4-9(2)14-13(18)15(3)11-8-6-5-7-10(11)12(16)17/h4-9H,1H2,2-3H3,(H,14,18)(H,16,17). The average molecular weight is 248 g/mol. The molecule has 5 heteroatoms. The number of carbonyl (C=O) groups is 2. The lowest BCUT2D eigenvalue weighted by molar-refractivity contribution is 0.0697. The highest BCUT2D eigenvalue weighted by Crippen LogP contribution is 2.19. The molecule has 0 fully saturated rings. The number of hydrogen-bond acceptors (Lipinski definition) is 2. The molecule has 1 rings (SSSR count). The molecule has 1 aromatic rings. The number of nitrogens with zero attached hydrogens (tertiary/aromatic N) is 1. The van der Waals surface area contributed by atoms with E-state index in [9.17, 15) is 9.59 Å². The molecular formula is C13H16N2O3. The second-order valence-corrected chi connectivity index (χ2v) is 3.86. The van der Waals surface area contributed by atoms with Gasteiger partial charge in [-0.05, 0) is 19.1 Å². The van der Waals surface area contributed by atoms with Crippen molar-refractivity contribution in [2.45, 2.75) is 13.0 Å². The largest absolute Gasteiger partial charge is 0.478 e. The highest BCUT2D eigenvalue weighted by Gasteiger charge is 2.18. The lowest BCUT2D eigenvalue weighted by Crippen LogP contribution is -2.41. The summed E-state index contributed by atoms with van der Waals surface area (Å²) < 4.78 is 0. The summed E-state index contributed by atoms with van der Waals surface area (Å²) in [6.45, 7) is 5.34. The van der Waals surface area contributed by atoms with Crippen LogP contribution in [0.25, 0.3) is 0 Å². The maximum Gasteiger partial charge on any atom is 0.337 e. The Morgan fingerprint density at radius 2 is 2.06 bits per heavy atom. The fourth-order valence-electron chi connectivity index (χ4n) is 1.41. The van der Waals surface area contributed by atoms with Gasteiger partial charge in [0.1, 0.15) is 0 Å². The Morgan fingerprint density at radius 1 is 1.44 bits per heavy atom. The number of amides is 2. The van der Waals surface area contributed by atoms with Crippen molar-refractivity contribution in [3.8, 4) is 0 Å². The molecule has 0 aliphatic rings. The maximum atomic E-state index is 11.9. The second kappa shape index (κ2) is 5.86. The van der Waals surface area contributed by atoms with Crippen LogP contribution in [0.5, 0.6) is 0 Å². The lowest BCUT2D eigenvalue weighted by Gasteiger charge is -2.21. The molecule has 1 unspecified atom stereocenters. The van der Waals surface area contributed by atoms with Crippen molar-refractivity contribution in [2.24, 2.45) is 0 Å². The zero-order valence-electron chi connectivity index (χ0n) is 10.4. The number of para-hydroxylation sites is 1. The van der Waals surface area contributed by atoms with E-state index in [2.05, 4.69) is 11.9 Å². The van der Waals surface area contributed by atoms with Gasteiger partial charge >= 0.3 is 12.0 Å². The van der Waals surface area contributed by atoms with Crippen LogP contribution in [0.3, 0.4) is 0 Å². The first-order valence-corrected chi connectivity index (χ1v) is 5.46. The van der Waals surface area contributed by atoms with Crippen molar-refractivity contribution in [1.29, 1.82) is 0 Å². The van der Waals surface area contributed by atoms with Gasteiger partial charge in [-0.1, -0.05) is 18.2 Å². The fourth-order valence-corrected chi connectivity index (χ4v) is 1.41. The summed E-state index contributed by atoms with van der Waals surface area (Å²) in [6, 6.07) is 5.78. The summed E-state index contributed by atoms with van der Waals surface area (Å²) in [4.78, 5) is 24.2. The quantitative estimate of drug-likeness (QED) is 0.802. The summed E-state index contributed by atoms with van der Waals surface area (Å²) in [5, 5.41) is 11.7. The molecular weight excluding hydrogens is 232 g/mol. The van der Waals surface area contributed by atoms with Crippen LogP contribution in [-0.4, -0.2) is 30.2 Å². The molecule has 1 atom stereocenters. The fraction of sp³-hybridized carbons (Fsp3) is 0.231. The van der Waals surface area contributed by atoms with E-state index in [0.717, 1.165) is 0 Å². The molecule has 96 valence electrons. The van der Waals surface area contributed by atoms with Crippen LogP contribution < -0.4 is 10.2 Å². The molecule has 1 aromatic carbocycles. The van der Waals surface area contributed by atoms with Gasteiger partial charge in [0.25, 0.3) is 0 Å². The molecule has 2 amide bonds. The van der Waals surface area contributed by atoms with Gasteiger partial charge in [-0.3, -0.25) is 4.90 Å². The number of carboxylic acids is 1. The molecule has 0 heterocycles. The van der Waals surface area contributed by atoms with E-state index in [4.69, 9.17) is 5.11 Å². The van der Waals surface area contributed by atoms with Gasteiger partial charge in [0.05, 0.1) is 11.3 Å².